The van der Waals surface area contributed by atoms with E-state index in [-0.39, 0.29) is 27.1 Å². The van der Waals surface area contributed by atoms with Crippen LogP contribution in [-0.2, 0) is 12.7 Å². The number of benzene rings is 1. The number of carbonyl (C=O) groups excluding carboxylic acids is 1. The summed E-state index contributed by atoms with van der Waals surface area (Å²) in [4.78, 5) is 12.0. The fourth-order valence-corrected chi connectivity index (χ4v) is 2.87. The Morgan fingerprint density at radius 1 is 1.25 bits per heavy atom. The van der Waals surface area contributed by atoms with Gasteiger partial charge in [0.15, 0.2) is 0 Å². The summed E-state index contributed by atoms with van der Waals surface area (Å²) in [5.41, 5.74) is 0.267. The van der Waals surface area contributed by atoms with Crippen molar-refractivity contribution in [3.63, 3.8) is 0 Å². The standard InChI is InChI=1S/C12H6Cl2F3N5OS/c13-6-2-1-5(3-7(6)14)9(23)18-4-8-21-22-10(12(15,16)17)19-20-11(22)24-8/h1-3H,4H2,(H,18,23). The predicted molar refractivity (Wildman–Crippen MR) is 81.3 cm³/mol. The third kappa shape index (κ3) is 3.30. The maximum Gasteiger partial charge on any atom is 0.453 e. The molecule has 6 nitrogen and oxygen atoms in total. The van der Waals surface area contributed by atoms with Gasteiger partial charge in [-0.2, -0.15) is 22.8 Å². The number of hydrogen-bond acceptors (Lipinski definition) is 5. The van der Waals surface area contributed by atoms with Crippen molar-refractivity contribution < 1.29 is 18.0 Å². The molecule has 0 spiro atoms. The van der Waals surface area contributed by atoms with Crippen LogP contribution in [0, 0.1) is 0 Å². The first-order valence-corrected chi connectivity index (χ1v) is 7.84. The van der Waals surface area contributed by atoms with Crippen molar-refractivity contribution in [3.05, 3.63) is 44.6 Å². The third-order valence-electron chi connectivity index (χ3n) is 2.87. The molecule has 0 atom stereocenters. The van der Waals surface area contributed by atoms with Crippen LogP contribution in [0.5, 0.6) is 0 Å². The molecule has 3 rings (SSSR count). The number of amides is 1. The highest BCUT2D eigenvalue weighted by Crippen LogP contribution is 2.29. The van der Waals surface area contributed by atoms with Crippen molar-refractivity contribution in [2.24, 2.45) is 0 Å². The lowest BCUT2D eigenvalue weighted by Crippen LogP contribution is -2.23. The fourth-order valence-electron chi connectivity index (χ4n) is 1.80. The number of fused-ring (bicyclic) bond motifs is 1. The van der Waals surface area contributed by atoms with E-state index in [9.17, 15) is 18.0 Å². The smallest absolute Gasteiger partial charge is 0.345 e. The summed E-state index contributed by atoms with van der Waals surface area (Å²) in [7, 11) is 0. The number of halogens is 5. The molecule has 3 aromatic rings. The summed E-state index contributed by atoms with van der Waals surface area (Å²) in [6, 6.07) is 4.33. The van der Waals surface area contributed by atoms with Gasteiger partial charge in [0.05, 0.1) is 16.6 Å². The van der Waals surface area contributed by atoms with E-state index in [1.165, 1.54) is 18.2 Å². The van der Waals surface area contributed by atoms with Gasteiger partial charge in [0.25, 0.3) is 11.7 Å². The van der Waals surface area contributed by atoms with Crippen LogP contribution in [0.4, 0.5) is 13.2 Å². The molecular weight excluding hydrogens is 390 g/mol. The van der Waals surface area contributed by atoms with Crippen LogP contribution in [0.25, 0.3) is 4.96 Å². The molecule has 1 amide bonds. The van der Waals surface area contributed by atoms with E-state index in [1.54, 1.807) is 0 Å². The van der Waals surface area contributed by atoms with Crippen LogP contribution in [0.3, 0.4) is 0 Å². The molecule has 12 heteroatoms. The van der Waals surface area contributed by atoms with Gasteiger partial charge in [-0.3, -0.25) is 4.79 Å². The highest BCUT2D eigenvalue weighted by molar-refractivity contribution is 7.16. The normalized spacial score (nSPS) is 11.9. The molecule has 0 saturated carbocycles. The SMILES string of the molecule is O=C(NCc1nn2c(C(F)(F)F)nnc2s1)c1ccc(Cl)c(Cl)c1. The van der Waals surface area contributed by atoms with Crippen molar-refractivity contribution in [2.75, 3.05) is 0 Å². The minimum absolute atomic E-state index is 0.0129. The Hall–Kier alpha value is -1.91. The van der Waals surface area contributed by atoms with Crippen molar-refractivity contribution >= 4 is 45.4 Å². The van der Waals surface area contributed by atoms with Gasteiger partial charge in [0, 0.05) is 5.56 Å². The maximum atomic E-state index is 12.7. The maximum absolute atomic E-state index is 12.7. The first kappa shape index (κ1) is 16.9. The van der Waals surface area contributed by atoms with Crippen LogP contribution in [-0.4, -0.2) is 25.7 Å². The van der Waals surface area contributed by atoms with Gasteiger partial charge in [-0.25, -0.2) is 0 Å². The molecule has 0 unspecified atom stereocenters. The molecule has 0 radical (unpaired) electrons. The summed E-state index contributed by atoms with van der Waals surface area (Å²) in [6.07, 6.45) is -4.66. The first-order chi connectivity index (χ1) is 11.3. The van der Waals surface area contributed by atoms with Gasteiger partial charge in [-0.15, -0.1) is 10.2 Å². The molecule has 0 aliphatic heterocycles. The average molecular weight is 396 g/mol. The van der Waals surface area contributed by atoms with Crippen LogP contribution in [0.2, 0.25) is 10.0 Å². The molecule has 0 aliphatic carbocycles. The van der Waals surface area contributed by atoms with Gasteiger partial charge in [-0.1, -0.05) is 34.5 Å². The molecule has 24 heavy (non-hydrogen) atoms. The van der Waals surface area contributed by atoms with Gasteiger partial charge in [-0.05, 0) is 18.2 Å². The van der Waals surface area contributed by atoms with E-state index >= 15 is 0 Å². The Kier molecular flexibility index (Phi) is 4.37. The monoisotopic (exact) mass is 395 g/mol. The second-order valence-electron chi connectivity index (χ2n) is 4.52. The largest absolute Gasteiger partial charge is 0.453 e. The summed E-state index contributed by atoms with van der Waals surface area (Å²) >= 11 is 12.5. The minimum Gasteiger partial charge on any atom is -0.345 e. The molecule has 0 saturated heterocycles. The quantitative estimate of drug-likeness (QED) is 0.737. The number of aromatic nitrogens is 4. The van der Waals surface area contributed by atoms with E-state index < -0.39 is 17.9 Å². The molecule has 0 aliphatic rings. The van der Waals surface area contributed by atoms with Gasteiger partial charge in [0.2, 0.25) is 4.96 Å². The molecule has 1 aromatic carbocycles. The second kappa shape index (κ2) is 6.19. The minimum atomic E-state index is -4.66. The summed E-state index contributed by atoms with van der Waals surface area (Å²) in [5, 5.41) is 13.5. The van der Waals surface area contributed by atoms with Crippen molar-refractivity contribution in [1.82, 2.24) is 25.1 Å². The van der Waals surface area contributed by atoms with Gasteiger partial charge in [0.1, 0.15) is 5.01 Å². The number of hydrogen-bond donors (Lipinski definition) is 1. The van der Waals surface area contributed by atoms with E-state index in [1.807, 2.05) is 0 Å². The average Bonchev–Trinajstić information content (AvgIpc) is 3.06. The third-order valence-corrected chi connectivity index (χ3v) is 4.51. The van der Waals surface area contributed by atoms with E-state index in [4.69, 9.17) is 23.2 Å². The Labute approximate surface area is 146 Å². The lowest BCUT2D eigenvalue weighted by atomic mass is 10.2. The van der Waals surface area contributed by atoms with Gasteiger partial charge >= 0.3 is 6.18 Å². The van der Waals surface area contributed by atoms with E-state index in [0.29, 0.717) is 9.54 Å². The van der Waals surface area contributed by atoms with Gasteiger partial charge < -0.3 is 5.32 Å². The number of nitrogens with one attached hydrogen (secondary N) is 1. The Morgan fingerprint density at radius 3 is 2.67 bits per heavy atom. The highest BCUT2D eigenvalue weighted by atomic mass is 35.5. The number of carbonyl (C=O) groups is 1. The predicted octanol–water partition coefficient (Wildman–Crippen LogP) is 3.44. The summed E-state index contributed by atoms with van der Waals surface area (Å²) in [6.45, 7) is -0.0651. The number of nitrogens with zero attached hydrogens (tertiary/aromatic N) is 4. The number of rotatable bonds is 3. The highest BCUT2D eigenvalue weighted by Gasteiger charge is 2.38. The Balaban J connectivity index is 1.74. The van der Waals surface area contributed by atoms with Crippen LogP contribution in [0.15, 0.2) is 18.2 Å². The lowest BCUT2D eigenvalue weighted by molar-refractivity contribution is -0.146. The van der Waals surface area contributed by atoms with Crippen LogP contribution < -0.4 is 5.32 Å². The summed E-state index contributed by atoms with van der Waals surface area (Å²) < 4.78 is 38.7. The van der Waals surface area contributed by atoms with Crippen molar-refractivity contribution in [1.29, 1.82) is 0 Å². The van der Waals surface area contributed by atoms with Crippen molar-refractivity contribution in [2.45, 2.75) is 12.7 Å². The van der Waals surface area contributed by atoms with Crippen LogP contribution >= 0.6 is 34.5 Å². The van der Waals surface area contributed by atoms with E-state index in [0.717, 1.165) is 11.3 Å². The molecule has 2 aromatic heterocycles. The van der Waals surface area contributed by atoms with Crippen LogP contribution in [0.1, 0.15) is 21.2 Å². The Morgan fingerprint density at radius 2 is 2.00 bits per heavy atom. The zero-order valence-corrected chi connectivity index (χ0v) is 13.8. The topological polar surface area (TPSA) is 72.2 Å². The lowest BCUT2D eigenvalue weighted by Gasteiger charge is -2.04. The zero-order valence-electron chi connectivity index (χ0n) is 11.4. The Bertz CT molecular complexity index is 923. The first-order valence-electron chi connectivity index (χ1n) is 6.27. The molecule has 1 N–H and O–H groups in total. The fraction of sp³-hybridized carbons (Fsp3) is 0.167. The molecular formula is C12H6Cl2F3N5OS. The van der Waals surface area contributed by atoms with Crippen molar-refractivity contribution in [3.8, 4) is 0 Å². The molecule has 126 valence electrons. The molecule has 0 bridgehead atoms. The second-order valence-corrected chi connectivity index (χ2v) is 6.38. The zero-order chi connectivity index (χ0) is 17.5. The summed E-state index contributed by atoms with van der Waals surface area (Å²) in [5.74, 6) is -1.67. The van der Waals surface area contributed by atoms with E-state index in [2.05, 4.69) is 20.6 Å². The molecule has 2 heterocycles. The molecule has 0 fully saturated rings. The number of alkyl halides is 3.